The lowest BCUT2D eigenvalue weighted by Gasteiger charge is -2.06. The van der Waals surface area contributed by atoms with Gasteiger partial charge in [0, 0.05) is 16.0 Å². The first kappa shape index (κ1) is 13.5. The highest BCUT2D eigenvalue weighted by Gasteiger charge is 2.10. The molecule has 0 unspecified atom stereocenters. The van der Waals surface area contributed by atoms with Crippen molar-refractivity contribution in [3.05, 3.63) is 28.2 Å². The van der Waals surface area contributed by atoms with E-state index in [1.54, 1.807) is 18.2 Å². The molecule has 0 radical (unpaired) electrons. The maximum atomic E-state index is 11.6. The highest BCUT2D eigenvalue weighted by atomic mass is 79.9. The van der Waals surface area contributed by atoms with Gasteiger partial charge in [-0.05, 0) is 25.1 Å². The Morgan fingerprint density at radius 1 is 1.44 bits per heavy atom. The Bertz CT molecular complexity index is 368. The van der Waals surface area contributed by atoms with E-state index in [1.807, 2.05) is 6.92 Å². The molecule has 0 aliphatic rings. The summed E-state index contributed by atoms with van der Waals surface area (Å²) in [5, 5.41) is 0. The average Bonchev–Trinajstić information content (AvgIpc) is 2.24. The topological polar surface area (TPSA) is 35.5 Å². The minimum absolute atomic E-state index is 0.260. The molecule has 0 aromatic heterocycles. The summed E-state index contributed by atoms with van der Waals surface area (Å²) in [5.74, 6) is -0.378. The molecule has 3 nitrogen and oxygen atoms in total. The van der Waals surface area contributed by atoms with Gasteiger partial charge in [-0.25, -0.2) is 4.79 Å². The molecule has 16 heavy (non-hydrogen) atoms. The van der Waals surface area contributed by atoms with Crippen molar-refractivity contribution in [2.45, 2.75) is 11.8 Å². The summed E-state index contributed by atoms with van der Waals surface area (Å²) in [7, 11) is 0. The smallest absolute Gasteiger partial charge is 0.339 e. The highest BCUT2D eigenvalue weighted by molar-refractivity contribution is 9.10. The number of rotatable bonds is 5. The van der Waals surface area contributed by atoms with Crippen molar-refractivity contribution in [2.24, 2.45) is 0 Å². The van der Waals surface area contributed by atoms with E-state index in [0.717, 1.165) is 4.47 Å². The van der Waals surface area contributed by atoms with Gasteiger partial charge < -0.3 is 9.47 Å². The largest absolute Gasteiger partial charge is 0.460 e. The molecule has 0 spiro atoms. The molecule has 0 bridgehead atoms. The third kappa shape index (κ3) is 4.15. The number of esters is 1. The van der Waals surface area contributed by atoms with E-state index in [0.29, 0.717) is 23.7 Å². The molecule has 0 heterocycles. The molecular weight excluding hydrogens is 292 g/mol. The van der Waals surface area contributed by atoms with Crippen molar-refractivity contribution < 1.29 is 14.3 Å². The van der Waals surface area contributed by atoms with Crippen molar-refractivity contribution in [1.82, 2.24) is 0 Å². The number of thiol groups is 1. The Morgan fingerprint density at radius 3 is 2.81 bits per heavy atom. The van der Waals surface area contributed by atoms with E-state index >= 15 is 0 Å². The monoisotopic (exact) mass is 304 g/mol. The Balaban J connectivity index is 2.53. The van der Waals surface area contributed by atoms with E-state index in [9.17, 15) is 4.79 Å². The summed E-state index contributed by atoms with van der Waals surface area (Å²) < 4.78 is 11.0. The van der Waals surface area contributed by atoms with Crippen LogP contribution in [0.5, 0.6) is 0 Å². The zero-order chi connectivity index (χ0) is 12.0. The van der Waals surface area contributed by atoms with E-state index < -0.39 is 0 Å². The van der Waals surface area contributed by atoms with Crippen LogP contribution in [0.25, 0.3) is 0 Å². The molecule has 0 aliphatic carbocycles. The molecule has 0 amide bonds. The van der Waals surface area contributed by atoms with E-state index in [4.69, 9.17) is 9.47 Å². The van der Waals surface area contributed by atoms with Crippen LogP contribution in [0.1, 0.15) is 17.3 Å². The van der Waals surface area contributed by atoms with Gasteiger partial charge in [0.25, 0.3) is 0 Å². The van der Waals surface area contributed by atoms with Crippen LogP contribution in [-0.2, 0) is 9.47 Å². The molecule has 0 fully saturated rings. The van der Waals surface area contributed by atoms with Gasteiger partial charge >= 0.3 is 5.97 Å². The zero-order valence-electron chi connectivity index (χ0n) is 8.90. The lowest BCUT2D eigenvalue weighted by atomic mass is 10.2. The first-order valence-electron chi connectivity index (χ1n) is 4.88. The van der Waals surface area contributed by atoms with Crippen LogP contribution in [0, 0.1) is 0 Å². The molecule has 0 aliphatic heterocycles. The number of benzene rings is 1. The number of hydrogen-bond acceptors (Lipinski definition) is 4. The molecule has 0 atom stereocenters. The van der Waals surface area contributed by atoms with E-state index in [2.05, 4.69) is 28.6 Å². The second kappa shape index (κ2) is 6.93. The molecule has 0 N–H and O–H groups in total. The Kier molecular flexibility index (Phi) is 5.87. The average molecular weight is 305 g/mol. The maximum Gasteiger partial charge on any atom is 0.339 e. The predicted octanol–water partition coefficient (Wildman–Crippen LogP) is 2.93. The first-order valence-corrected chi connectivity index (χ1v) is 6.12. The van der Waals surface area contributed by atoms with Crippen molar-refractivity contribution >= 4 is 34.5 Å². The third-order valence-corrected chi connectivity index (χ3v) is 2.71. The summed E-state index contributed by atoms with van der Waals surface area (Å²) in [6, 6.07) is 5.20. The lowest BCUT2D eigenvalue weighted by Crippen LogP contribution is -2.11. The molecule has 1 rings (SSSR count). The van der Waals surface area contributed by atoms with Crippen LogP contribution < -0.4 is 0 Å². The molecule has 1 aromatic carbocycles. The van der Waals surface area contributed by atoms with Crippen LogP contribution in [0.4, 0.5) is 0 Å². The van der Waals surface area contributed by atoms with Crippen molar-refractivity contribution in [2.75, 3.05) is 19.8 Å². The summed E-state index contributed by atoms with van der Waals surface area (Å²) in [5.41, 5.74) is 0.461. The SMILES string of the molecule is CCOCCOC(=O)c1ccc(Br)cc1S. The van der Waals surface area contributed by atoms with Crippen LogP contribution >= 0.6 is 28.6 Å². The van der Waals surface area contributed by atoms with E-state index in [-0.39, 0.29) is 12.6 Å². The van der Waals surface area contributed by atoms with Gasteiger partial charge in [-0.2, -0.15) is 0 Å². The standard InChI is InChI=1S/C11H13BrO3S/c1-2-14-5-6-15-11(13)9-4-3-8(12)7-10(9)16/h3-4,7,16H,2,5-6H2,1H3. The number of carbonyl (C=O) groups is 1. The molecular formula is C11H13BrO3S. The highest BCUT2D eigenvalue weighted by Crippen LogP contribution is 2.20. The number of halogens is 1. The summed E-state index contributed by atoms with van der Waals surface area (Å²) >= 11 is 7.51. The molecule has 5 heteroatoms. The Morgan fingerprint density at radius 2 is 2.19 bits per heavy atom. The maximum absolute atomic E-state index is 11.6. The fourth-order valence-corrected chi connectivity index (χ4v) is 1.94. The van der Waals surface area contributed by atoms with Gasteiger partial charge in [0.15, 0.2) is 0 Å². The van der Waals surface area contributed by atoms with Crippen LogP contribution in [0.3, 0.4) is 0 Å². The Hall–Kier alpha value is -0.520. The normalized spacial score (nSPS) is 10.2. The quantitative estimate of drug-likeness (QED) is 0.516. The summed E-state index contributed by atoms with van der Waals surface area (Å²) in [4.78, 5) is 12.2. The first-order chi connectivity index (χ1) is 7.65. The number of ether oxygens (including phenoxy) is 2. The minimum atomic E-state index is -0.378. The summed E-state index contributed by atoms with van der Waals surface area (Å²) in [6.07, 6.45) is 0. The van der Waals surface area contributed by atoms with Gasteiger partial charge in [-0.15, -0.1) is 12.6 Å². The van der Waals surface area contributed by atoms with Crippen LogP contribution in [0.15, 0.2) is 27.6 Å². The molecule has 0 saturated carbocycles. The third-order valence-electron chi connectivity index (χ3n) is 1.84. The van der Waals surface area contributed by atoms with Crippen LogP contribution in [-0.4, -0.2) is 25.8 Å². The van der Waals surface area contributed by atoms with Gasteiger partial charge in [0.05, 0.1) is 12.2 Å². The molecule has 88 valence electrons. The Labute approximate surface area is 109 Å². The fraction of sp³-hybridized carbons (Fsp3) is 0.364. The van der Waals surface area contributed by atoms with Gasteiger partial charge in [-0.1, -0.05) is 15.9 Å². The second-order valence-electron chi connectivity index (χ2n) is 2.99. The summed E-state index contributed by atoms with van der Waals surface area (Å²) in [6.45, 7) is 3.19. The number of hydrogen-bond donors (Lipinski definition) is 1. The molecule has 0 saturated heterocycles. The fourth-order valence-electron chi connectivity index (χ4n) is 1.09. The van der Waals surface area contributed by atoms with E-state index in [1.165, 1.54) is 0 Å². The van der Waals surface area contributed by atoms with Gasteiger partial charge in [0.1, 0.15) is 6.61 Å². The van der Waals surface area contributed by atoms with Crippen molar-refractivity contribution in [3.63, 3.8) is 0 Å². The minimum Gasteiger partial charge on any atom is -0.460 e. The van der Waals surface area contributed by atoms with Crippen LogP contribution in [0.2, 0.25) is 0 Å². The molecule has 1 aromatic rings. The van der Waals surface area contributed by atoms with Gasteiger partial charge in [0.2, 0.25) is 0 Å². The van der Waals surface area contributed by atoms with Crippen molar-refractivity contribution in [1.29, 1.82) is 0 Å². The van der Waals surface area contributed by atoms with Gasteiger partial charge in [-0.3, -0.25) is 0 Å². The van der Waals surface area contributed by atoms with Crippen molar-refractivity contribution in [3.8, 4) is 0 Å². The zero-order valence-corrected chi connectivity index (χ0v) is 11.4. The second-order valence-corrected chi connectivity index (χ2v) is 4.39. The lowest BCUT2D eigenvalue weighted by molar-refractivity contribution is 0.0332. The number of carbonyl (C=O) groups excluding carboxylic acids is 1. The predicted molar refractivity (Wildman–Crippen MR) is 68.2 cm³/mol.